The number of amides is 2. The minimum atomic E-state index is -3.74. The van der Waals surface area contributed by atoms with Crippen LogP contribution in [0.4, 0.5) is 0 Å². The number of carbonyl (C=O) groups excluding carboxylic acids is 2. The maximum atomic E-state index is 12.8. The molecule has 0 saturated carbocycles. The zero-order chi connectivity index (χ0) is 24.2. The summed E-state index contributed by atoms with van der Waals surface area (Å²) in [5.74, 6) is 0.348. The average molecular weight is 479 g/mol. The zero-order valence-corrected chi connectivity index (χ0v) is 19.9. The summed E-state index contributed by atoms with van der Waals surface area (Å²) >= 11 is 0. The number of hydrogen-bond acceptors (Lipinski definition) is 6. The summed E-state index contributed by atoms with van der Waals surface area (Å²) in [6.07, 6.45) is 2.37. The standard InChI is InChI=1S/C22H30N4O6S/c1-4-26(5-2)33(30,31)18-7-9-20(27)25(14-18)15-21(28)24-12-10-17(11-13-24)23-22(29)19-8-6-16(3)32-19/h6-9,14,17H,4-5,10-13,15H2,1-3H3,(H,23,29). The van der Waals surface area contributed by atoms with Crippen molar-refractivity contribution in [3.8, 4) is 0 Å². The zero-order valence-electron chi connectivity index (χ0n) is 19.1. The maximum Gasteiger partial charge on any atom is 0.287 e. The Labute approximate surface area is 193 Å². The Morgan fingerprint density at radius 1 is 1.12 bits per heavy atom. The smallest absolute Gasteiger partial charge is 0.287 e. The number of nitrogens with one attached hydrogen (secondary N) is 1. The van der Waals surface area contributed by atoms with Crippen LogP contribution >= 0.6 is 0 Å². The number of aryl methyl sites for hydroxylation is 1. The van der Waals surface area contributed by atoms with E-state index in [1.807, 2.05) is 0 Å². The van der Waals surface area contributed by atoms with Gasteiger partial charge in [0.1, 0.15) is 12.3 Å². The minimum Gasteiger partial charge on any atom is -0.456 e. The van der Waals surface area contributed by atoms with E-state index in [0.29, 0.717) is 44.8 Å². The van der Waals surface area contributed by atoms with Crippen LogP contribution in [0.1, 0.15) is 43.0 Å². The van der Waals surface area contributed by atoms with E-state index >= 15 is 0 Å². The number of rotatable bonds is 8. The lowest BCUT2D eigenvalue weighted by atomic mass is 10.0. The first-order valence-corrected chi connectivity index (χ1v) is 12.5. The Morgan fingerprint density at radius 3 is 2.36 bits per heavy atom. The number of pyridine rings is 1. The number of nitrogens with zero attached hydrogens (tertiary/aromatic N) is 3. The number of sulfonamides is 1. The van der Waals surface area contributed by atoms with Crippen LogP contribution in [-0.4, -0.2) is 66.2 Å². The second-order valence-electron chi connectivity index (χ2n) is 7.96. The Kier molecular flexibility index (Phi) is 7.75. The Bertz CT molecular complexity index is 1160. The van der Waals surface area contributed by atoms with E-state index in [9.17, 15) is 22.8 Å². The highest BCUT2D eigenvalue weighted by molar-refractivity contribution is 7.89. The SMILES string of the molecule is CCN(CC)S(=O)(=O)c1ccc(=O)n(CC(=O)N2CCC(NC(=O)c3ccc(C)o3)CC2)c1. The fourth-order valence-corrected chi connectivity index (χ4v) is 5.31. The molecule has 2 aromatic rings. The highest BCUT2D eigenvalue weighted by atomic mass is 32.2. The van der Waals surface area contributed by atoms with Crippen LogP contribution in [0.25, 0.3) is 0 Å². The third-order valence-electron chi connectivity index (χ3n) is 5.75. The van der Waals surface area contributed by atoms with Crippen LogP contribution < -0.4 is 10.9 Å². The summed E-state index contributed by atoms with van der Waals surface area (Å²) in [6, 6.07) is 5.70. The molecule has 180 valence electrons. The van der Waals surface area contributed by atoms with Gasteiger partial charge in [-0.15, -0.1) is 0 Å². The van der Waals surface area contributed by atoms with Gasteiger partial charge in [-0.05, 0) is 38.0 Å². The van der Waals surface area contributed by atoms with Crippen LogP contribution in [0.15, 0.2) is 44.6 Å². The maximum absolute atomic E-state index is 12.8. The van der Waals surface area contributed by atoms with Gasteiger partial charge in [-0.2, -0.15) is 4.31 Å². The summed E-state index contributed by atoms with van der Waals surface area (Å²) < 4.78 is 33.3. The van der Waals surface area contributed by atoms with Crippen molar-refractivity contribution in [3.05, 3.63) is 52.3 Å². The van der Waals surface area contributed by atoms with Crippen molar-refractivity contribution in [2.45, 2.75) is 51.1 Å². The topological polar surface area (TPSA) is 122 Å². The molecule has 3 rings (SSSR count). The number of carbonyl (C=O) groups is 2. The molecule has 0 atom stereocenters. The van der Waals surface area contributed by atoms with Crippen molar-refractivity contribution in [1.29, 1.82) is 0 Å². The van der Waals surface area contributed by atoms with Gasteiger partial charge in [0.15, 0.2) is 5.76 Å². The molecule has 0 unspecified atom stereocenters. The van der Waals surface area contributed by atoms with Gasteiger partial charge >= 0.3 is 0 Å². The van der Waals surface area contributed by atoms with E-state index in [1.165, 1.54) is 22.6 Å². The molecule has 1 aliphatic rings. The van der Waals surface area contributed by atoms with Crippen molar-refractivity contribution >= 4 is 21.8 Å². The third kappa shape index (κ3) is 5.72. The second-order valence-corrected chi connectivity index (χ2v) is 9.90. The highest BCUT2D eigenvalue weighted by Gasteiger charge is 2.26. The first-order chi connectivity index (χ1) is 15.6. The number of aromatic nitrogens is 1. The Balaban J connectivity index is 1.61. The van der Waals surface area contributed by atoms with Crippen molar-refractivity contribution < 1.29 is 22.4 Å². The molecule has 11 heteroatoms. The molecule has 0 radical (unpaired) electrons. The largest absolute Gasteiger partial charge is 0.456 e. The molecular weight excluding hydrogens is 448 g/mol. The average Bonchev–Trinajstić information content (AvgIpc) is 3.22. The van der Waals surface area contributed by atoms with Crippen LogP contribution in [0.2, 0.25) is 0 Å². The predicted octanol–water partition coefficient (Wildman–Crippen LogP) is 1.20. The fourth-order valence-electron chi connectivity index (χ4n) is 3.83. The molecule has 1 fully saturated rings. The first kappa shape index (κ1) is 24.7. The molecule has 3 heterocycles. The van der Waals surface area contributed by atoms with Gasteiger partial charge in [-0.3, -0.25) is 14.4 Å². The molecule has 0 aromatic carbocycles. The summed E-state index contributed by atoms with van der Waals surface area (Å²) in [4.78, 5) is 38.9. The van der Waals surface area contributed by atoms with Gasteiger partial charge in [-0.1, -0.05) is 13.8 Å². The Hall–Kier alpha value is -2.92. The van der Waals surface area contributed by atoms with E-state index in [-0.39, 0.29) is 35.1 Å². The van der Waals surface area contributed by atoms with Gasteiger partial charge in [0.2, 0.25) is 15.9 Å². The Morgan fingerprint density at radius 2 is 1.79 bits per heavy atom. The van der Waals surface area contributed by atoms with Gasteiger partial charge in [0, 0.05) is 44.5 Å². The van der Waals surface area contributed by atoms with Crippen molar-refractivity contribution in [1.82, 2.24) is 19.1 Å². The van der Waals surface area contributed by atoms with Gasteiger partial charge in [-0.25, -0.2) is 8.42 Å². The lowest BCUT2D eigenvalue weighted by Gasteiger charge is -2.32. The number of piperidine rings is 1. The molecule has 2 aromatic heterocycles. The van der Waals surface area contributed by atoms with E-state index in [0.717, 1.165) is 4.57 Å². The van der Waals surface area contributed by atoms with Gasteiger partial charge in [0.25, 0.3) is 11.5 Å². The number of furan rings is 1. The lowest BCUT2D eigenvalue weighted by molar-refractivity contribution is -0.133. The van der Waals surface area contributed by atoms with E-state index in [4.69, 9.17) is 4.42 Å². The number of hydrogen-bond donors (Lipinski definition) is 1. The summed E-state index contributed by atoms with van der Waals surface area (Å²) in [6.45, 7) is 6.46. The van der Waals surface area contributed by atoms with E-state index < -0.39 is 15.6 Å². The van der Waals surface area contributed by atoms with E-state index in [2.05, 4.69) is 5.32 Å². The lowest BCUT2D eigenvalue weighted by Crippen LogP contribution is -2.47. The predicted molar refractivity (Wildman–Crippen MR) is 121 cm³/mol. The number of likely N-dealkylation sites (tertiary alicyclic amines) is 1. The highest BCUT2D eigenvalue weighted by Crippen LogP contribution is 2.15. The van der Waals surface area contributed by atoms with Crippen LogP contribution in [0.3, 0.4) is 0 Å². The molecule has 10 nitrogen and oxygen atoms in total. The summed E-state index contributed by atoms with van der Waals surface area (Å²) in [7, 11) is -3.74. The first-order valence-electron chi connectivity index (χ1n) is 11.0. The van der Waals surface area contributed by atoms with Gasteiger partial charge in [0.05, 0.1) is 4.90 Å². The monoisotopic (exact) mass is 478 g/mol. The molecule has 2 amide bonds. The van der Waals surface area contributed by atoms with Crippen LogP contribution in [-0.2, 0) is 21.4 Å². The molecule has 1 aliphatic heterocycles. The van der Waals surface area contributed by atoms with Crippen LogP contribution in [0, 0.1) is 6.92 Å². The second kappa shape index (κ2) is 10.3. The fraction of sp³-hybridized carbons (Fsp3) is 0.500. The molecule has 1 saturated heterocycles. The molecule has 0 aliphatic carbocycles. The quantitative estimate of drug-likeness (QED) is 0.608. The van der Waals surface area contributed by atoms with E-state index in [1.54, 1.807) is 37.8 Å². The van der Waals surface area contributed by atoms with Crippen molar-refractivity contribution in [2.24, 2.45) is 0 Å². The normalized spacial score (nSPS) is 15.1. The molecule has 33 heavy (non-hydrogen) atoms. The molecule has 1 N–H and O–H groups in total. The molecule has 0 bridgehead atoms. The molecule has 0 spiro atoms. The van der Waals surface area contributed by atoms with Crippen molar-refractivity contribution in [3.63, 3.8) is 0 Å². The summed E-state index contributed by atoms with van der Waals surface area (Å²) in [5, 5.41) is 2.92. The van der Waals surface area contributed by atoms with Gasteiger partial charge < -0.3 is 19.2 Å². The summed E-state index contributed by atoms with van der Waals surface area (Å²) in [5.41, 5.74) is -0.447. The van der Waals surface area contributed by atoms with Crippen molar-refractivity contribution in [2.75, 3.05) is 26.2 Å². The van der Waals surface area contributed by atoms with Crippen LogP contribution in [0.5, 0.6) is 0 Å². The molecular formula is C22H30N4O6S. The third-order valence-corrected chi connectivity index (χ3v) is 7.79. The minimum absolute atomic E-state index is 0.0202.